The fourth-order valence-electron chi connectivity index (χ4n) is 3.15. The van der Waals surface area contributed by atoms with Crippen molar-refractivity contribution in [1.29, 1.82) is 0 Å². The van der Waals surface area contributed by atoms with Gasteiger partial charge in [0.1, 0.15) is 5.69 Å². The normalized spacial score (nSPS) is 19.5. The summed E-state index contributed by atoms with van der Waals surface area (Å²) in [5, 5.41) is 0. The number of carbonyl (C=O) groups excluding carboxylic acids is 2. The Morgan fingerprint density at radius 3 is 2.08 bits per heavy atom. The second kappa shape index (κ2) is 7.17. The summed E-state index contributed by atoms with van der Waals surface area (Å²) in [5.74, 6) is 0.0138. The molecule has 0 bridgehead atoms. The molecular formula is C17H25N5O2. The van der Waals surface area contributed by atoms with Crippen molar-refractivity contribution in [2.75, 3.05) is 64.3 Å². The number of nitrogens with zero attached hydrogens (tertiary/aromatic N) is 5. The van der Waals surface area contributed by atoms with E-state index >= 15 is 0 Å². The molecule has 0 aromatic carbocycles. The van der Waals surface area contributed by atoms with Crippen LogP contribution in [0.2, 0.25) is 0 Å². The van der Waals surface area contributed by atoms with Gasteiger partial charge in [-0.1, -0.05) is 0 Å². The van der Waals surface area contributed by atoms with Crippen molar-refractivity contribution in [2.24, 2.45) is 0 Å². The predicted octanol–water partition coefficient (Wildman–Crippen LogP) is 0.138. The monoisotopic (exact) mass is 331 g/mol. The fraction of sp³-hybridized carbons (Fsp3) is 0.588. The molecule has 0 aliphatic carbocycles. The number of hydrogen-bond acceptors (Lipinski definition) is 5. The smallest absolute Gasteiger partial charge is 0.272 e. The van der Waals surface area contributed by atoms with E-state index in [1.165, 1.54) is 0 Å². The van der Waals surface area contributed by atoms with E-state index in [4.69, 9.17) is 0 Å². The summed E-state index contributed by atoms with van der Waals surface area (Å²) in [6.45, 7) is 7.96. The Morgan fingerprint density at radius 2 is 1.54 bits per heavy atom. The largest absolute Gasteiger partial charge is 0.368 e. The Balaban J connectivity index is 1.59. The molecule has 24 heavy (non-hydrogen) atoms. The zero-order valence-corrected chi connectivity index (χ0v) is 14.4. The number of rotatable bonds is 2. The Hall–Kier alpha value is -2.15. The number of likely N-dealkylation sites (N-methyl/N-ethyl adjacent to an activating group) is 1. The molecule has 0 radical (unpaired) electrons. The zero-order chi connectivity index (χ0) is 17.1. The van der Waals surface area contributed by atoms with Crippen LogP contribution in [0.25, 0.3) is 0 Å². The van der Waals surface area contributed by atoms with Gasteiger partial charge in [-0.05, 0) is 19.2 Å². The lowest BCUT2D eigenvalue weighted by Crippen LogP contribution is -2.50. The maximum absolute atomic E-state index is 12.5. The average Bonchev–Trinajstić information content (AvgIpc) is 2.62. The Kier molecular flexibility index (Phi) is 4.99. The lowest BCUT2D eigenvalue weighted by Gasteiger charge is -2.34. The summed E-state index contributed by atoms with van der Waals surface area (Å²) in [6.07, 6.45) is 1.80. The van der Waals surface area contributed by atoms with E-state index in [1.54, 1.807) is 22.9 Å². The summed E-state index contributed by atoms with van der Waals surface area (Å²) in [6, 6.07) is 3.80. The molecule has 2 fully saturated rings. The zero-order valence-electron chi connectivity index (χ0n) is 14.4. The van der Waals surface area contributed by atoms with E-state index in [2.05, 4.69) is 21.8 Å². The van der Waals surface area contributed by atoms with Crippen LogP contribution in [0, 0.1) is 0 Å². The average molecular weight is 331 g/mol. The van der Waals surface area contributed by atoms with Crippen molar-refractivity contribution in [3.8, 4) is 0 Å². The molecule has 3 heterocycles. The van der Waals surface area contributed by atoms with Gasteiger partial charge in [0.15, 0.2) is 0 Å². The van der Waals surface area contributed by atoms with Gasteiger partial charge in [0.2, 0.25) is 5.91 Å². The SMILES string of the molecule is CC(=O)N1CCN(C(=O)c2ccc(N3CCN(C)CC3)cn2)CC1. The van der Waals surface area contributed by atoms with E-state index in [-0.39, 0.29) is 11.8 Å². The minimum absolute atomic E-state index is 0.0527. The van der Waals surface area contributed by atoms with Crippen LogP contribution < -0.4 is 4.90 Å². The second-order valence-electron chi connectivity index (χ2n) is 6.49. The second-order valence-corrected chi connectivity index (χ2v) is 6.49. The first-order chi connectivity index (χ1) is 11.5. The van der Waals surface area contributed by atoms with Gasteiger partial charge >= 0.3 is 0 Å². The van der Waals surface area contributed by atoms with E-state index < -0.39 is 0 Å². The summed E-state index contributed by atoms with van der Waals surface area (Å²) < 4.78 is 0. The van der Waals surface area contributed by atoms with Crippen LogP contribution in [0.3, 0.4) is 0 Å². The van der Waals surface area contributed by atoms with E-state index in [0.717, 1.165) is 31.9 Å². The highest BCUT2D eigenvalue weighted by Gasteiger charge is 2.24. The first kappa shape index (κ1) is 16.7. The van der Waals surface area contributed by atoms with Gasteiger partial charge < -0.3 is 19.6 Å². The standard InChI is InChI=1S/C17H25N5O2/c1-14(23)20-9-11-22(12-10-20)17(24)16-4-3-15(13-18-16)21-7-5-19(2)6-8-21/h3-4,13H,5-12H2,1-2H3. The van der Waals surface area contributed by atoms with Crippen LogP contribution in [0.4, 0.5) is 5.69 Å². The molecule has 1 aromatic heterocycles. The number of hydrogen-bond donors (Lipinski definition) is 0. The molecule has 0 spiro atoms. The number of piperazine rings is 2. The van der Waals surface area contributed by atoms with Crippen LogP contribution in [-0.4, -0.2) is 90.9 Å². The molecule has 0 N–H and O–H groups in total. The number of carbonyl (C=O) groups is 2. The molecule has 2 aliphatic heterocycles. The van der Waals surface area contributed by atoms with Crippen LogP contribution in [-0.2, 0) is 4.79 Å². The molecule has 130 valence electrons. The molecule has 2 amide bonds. The van der Waals surface area contributed by atoms with Gasteiger partial charge in [0.05, 0.1) is 11.9 Å². The third-order valence-electron chi connectivity index (χ3n) is 4.85. The molecule has 1 aromatic rings. The number of anilines is 1. The van der Waals surface area contributed by atoms with Crippen molar-refractivity contribution in [1.82, 2.24) is 19.7 Å². The molecule has 7 nitrogen and oxygen atoms in total. The lowest BCUT2D eigenvalue weighted by atomic mass is 10.2. The third kappa shape index (κ3) is 3.67. The highest BCUT2D eigenvalue weighted by molar-refractivity contribution is 5.92. The molecule has 0 atom stereocenters. The summed E-state index contributed by atoms with van der Waals surface area (Å²) in [7, 11) is 2.13. The molecule has 3 rings (SSSR count). The first-order valence-corrected chi connectivity index (χ1v) is 8.49. The maximum Gasteiger partial charge on any atom is 0.272 e. The van der Waals surface area contributed by atoms with Crippen molar-refractivity contribution in [2.45, 2.75) is 6.92 Å². The molecule has 2 aliphatic rings. The van der Waals surface area contributed by atoms with Gasteiger partial charge in [0.25, 0.3) is 5.91 Å². The van der Waals surface area contributed by atoms with Crippen LogP contribution in [0.1, 0.15) is 17.4 Å². The van der Waals surface area contributed by atoms with Crippen molar-refractivity contribution < 1.29 is 9.59 Å². The number of amides is 2. The van der Waals surface area contributed by atoms with Gasteiger partial charge in [-0.15, -0.1) is 0 Å². The van der Waals surface area contributed by atoms with Gasteiger partial charge in [-0.3, -0.25) is 9.59 Å². The third-order valence-corrected chi connectivity index (χ3v) is 4.85. The predicted molar refractivity (Wildman–Crippen MR) is 92.1 cm³/mol. The first-order valence-electron chi connectivity index (χ1n) is 8.49. The van der Waals surface area contributed by atoms with E-state index in [1.807, 2.05) is 12.1 Å². The highest BCUT2D eigenvalue weighted by atomic mass is 16.2. The Morgan fingerprint density at radius 1 is 0.917 bits per heavy atom. The van der Waals surface area contributed by atoms with E-state index in [9.17, 15) is 9.59 Å². The summed E-state index contributed by atoms with van der Waals surface area (Å²) in [5.41, 5.74) is 1.55. The Bertz CT molecular complexity index is 588. The highest BCUT2D eigenvalue weighted by Crippen LogP contribution is 2.16. The molecule has 7 heteroatoms. The minimum atomic E-state index is -0.0527. The van der Waals surface area contributed by atoms with Crippen molar-refractivity contribution in [3.63, 3.8) is 0 Å². The molecule has 0 unspecified atom stereocenters. The van der Waals surface area contributed by atoms with Gasteiger partial charge in [0, 0.05) is 59.3 Å². The van der Waals surface area contributed by atoms with Crippen LogP contribution >= 0.6 is 0 Å². The molecule has 0 saturated carbocycles. The van der Waals surface area contributed by atoms with Crippen molar-refractivity contribution >= 4 is 17.5 Å². The van der Waals surface area contributed by atoms with Crippen LogP contribution in [0.5, 0.6) is 0 Å². The summed E-state index contributed by atoms with van der Waals surface area (Å²) >= 11 is 0. The minimum Gasteiger partial charge on any atom is -0.368 e. The summed E-state index contributed by atoms with van der Waals surface area (Å²) in [4.78, 5) is 36.4. The Labute approximate surface area is 142 Å². The number of pyridine rings is 1. The van der Waals surface area contributed by atoms with Crippen LogP contribution in [0.15, 0.2) is 18.3 Å². The molecule has 2 saturated heterocycles. The lowest BCUT2D eigenvalue weighted by molar-refractivity contribution is -0.130. The van der Waals surface area contributed by atoms with E-state index in [0.29, 0.717) is 31.9 Å². The quantitative estimate of drug-likeness (QED) is 0.771. The van der Waals surface area contributed by atoms with Gasteiger partial charge in [-0.2, -0.15) is 0 Å². The maximum atomic E-state index is 12.5. The van der Waals surface area contributed by atoms with Gasteiger partial charge in [-0.25, -0.2) is 4.98 Å². The fourth-order valence-corrected chi connectivity index (χ4v) is 3.15. The van der Waals surface area contributed by atoms with Crippen molar-refractivity contribution in [3.05, 3.63) is 24.0 Å². The topological polar surface area (TPSA) is 60.0 Å². The number of aromatic nitrogens is 1. The molecular weight excluding hydrogens is 306 g/mol.